The number of aryl methyl sites for hydroxylation is 1. The number of hydrogen-bond acceptors (Lipinski definition) is 7. The van der Waals surface area contributed by atoms with Crippen LogP contribution in [0.3, 0.4) is 0 Å². The van der Waals surface area contributed by atoms with Gasteiger partial charge in [0.15, 0.2) is 10.9 Å². The van der Waals surface area contributed by atoms with Crippen LogP contribution < -0.4 is 5.32 Å². The molecular formula is C21H20ClN5O4S. The molecule has 2 aromatic carbocycles. The van der Waals surface area contributed by atoms with Crippen LogP contribution in [0.4, 0.5) is 5.69 Å². The standard InChI is InChI=1S/C21H20ClN5O4S/c1-13-6-7-16(11-18(13)22)26-20(8-9-23-14(2)28)24-25-21(26)32-12-19(29)15-4-3-5-17(10-15)27(30)31/h3-7,10-11H,8-9,12H2,1-2H3,(H,23,28). The third-order valence-corrected chi connectivity index (χ3v) is 5.88. The number of hydrogen-bond donors (Lipinski definition) is 1. The van der Waals surface area contributed by atoms with Gasteiger partial charge in [0, 0.05) is 42.6 Å². The van der Waals surface area contributed by atoms with Gasteiger partial charge in [-0.1, -0.05) is 41.6 Å². The van der Waals surface area contributed by atoms with Crippen LogP contribution in [0.2, 0.25) is 5.02 Å². The van der Waals surface area contributed by atoms with E-state index in [4.69, 9.17) is 11.6 Å². The van der Waals surface area contributed by atoms with E-state index in [0.717, 1.165) is 11.3 Å². The molecule has 0 aliphatic carbocycles. The van der Waals surface area contributed by atoms with Crippen molar-refractivity contribution < 1.29 is 14.5 Å². The van der Waals surface area contributed by atoms with E-state index in [-0.39, 0.29) is 28.7 Å². The van der Waals surface area contributed by atoms with Gasteiger partial charge in [0.2, 0.25) is 5.91 Å². The Labute approximate surface area is 193 Å². The average molecular weight is 474 g/mol. The molecule has 166 valence electrons. The third-order valence-electron chi connectivity index (χ3n) is 4.55. The number of aromatic nitrogens is 3. The first kappa shape index (κ1) is 23.4. The van der Waals surface area contributed by atoms with Crippen LogP contribution in [0, 0.1) is 17.0 Å². The van der Waals surface area contributed by atoms with E-state index >= 15 is 0 Å². The lowest BCUT2D eigenvalue weighted by molar-refractivity contribution is -0.384. The topological polar surface area (TPSA) is 120 Å². The number of nitrogens with one attached hydrogen (secondary N) is 1. The summed E-state index contributed by atoms with van der Waals surface area (Å²) in [6.45, 7) is 3.71. The number of halogens is 1. The predicted octanol–water partition coefficient (Wildman–Crippen LogP) is 3.79. The van der Waals surface area contributed by atoms with E-state index < -0.39 is 4.92 Å². The van der Waals surface area contributed by atoms with E-state index in [1.54, 1.807) is 16.7 Å². The van der Waals surface area contributed by atoms with Crippen LogP contribution in [-0.4, -0.2) is 43.7 Å². The van der Waals surface area contributed by atoms with Crippen LogP contribution in [0.5, 0.6) is 0 Å². The molecule has 3 rings (SSSR count). The minimum Gasteiger partial charge on any atom is -0.356 e. The Kier molecular flexibility index (Phi) is 7.60. The fraction of sp³-hybridized carbons (Fsp3) is 0.238. The first-order chi connectivity index (χ1) is 15.3. The summed E-state index contributed by atoms with van der Waals surface area (Å²) in [4.78, 5) is 34.3. The maximum atomic E-state index is 12.6. The fourth-order valence-electron chi connectivity index (χ4n) is 2.89. The Bertz CT molecular complexity index is 1180. The molecule has 1 amide bonds. The van der Waals surface area contributed by atoms with Gasteiger partial charge in [-0.15, -0.1) is 10.2 Å². The summed E-state index contributed by atoms with van der Waals surface area (Å²) < 4.78 is 1.79. The molecule has 1 aromatic heterocycles. The minimum absolute atomic E-state index is 0.0184. The van der Waals surface area contributed by atoms with Gasteiger partial charge in [0.25, 0.3) is 5.69 Å². The molecule has 0 aliphatic heterocycles. The van der Waals surface area contributed by atoms with Crippen molar-refractivity contribution in [3.8, 4) is 5.69 Å². The van der Waals surface area contributed by atoms with Crippen molar-refractivity contribution in [1.82, 2.24) is 20.1 Å². The van der Waals surface area contributed by atoms with Crippen LogP contribution in [0.25, 0.3) is 5.69 Å². The summed E-state index contributed by atoms with van der Waals surface area (Å²) in [6.07, 6.45) is 0.428. The molecule has 1 N–H and O–H groups in total. The van der Waals surface area contributed by atoms with Crippen LogP contribution in [0.15, 0.2) is 47.6 Å². The van der Waals surface area contributed by atoms with Gasteiger partial charge in [-0.3, -0.25) is 24.3 Å². The lowest BCUT2D eigenvalue weighted by Crippen LogP contribution is -2.23. The molecule has 0 fully saturated rings. The van der Waals surface area contributed by atoms with E-state index in [0.29, 0.717) is 29.0 Å². The van der Waals surface area contributed by atoms with Gasteiger partial charge in [0.1, 0.15) is 5.82 Å². The quantitative estimate of drug-likeness (QED) is 0.217. The molecule has 0 radical (unpaired) electrons. The maximum absolute atomic E-state index is 12.6. The van der Waals surface area contributed by atoms with E-state index in [1.807, 2.05) is 19.1 Å². The molecule has 0 unspecified atom stereocenters. The Morgan fingerprint density at radius 1 is 1.22 bits per heavy atom. The zero-order chi connectivity index (χ0) is 23.3. The molecule has 0 saturated carbocycles. The number of nitrogens with zero attached hydrogens (tertiary/aromatic N) is 4. The second-order valence-corrected chi connectivity index (χ2v) is 8.27. The van der Waals surface area contributed by atoms with E-state index in [9.17, 15) is 19.7 Å². The molecule has 0 atom stereocenters. The Hall–Kier alpha value is -3.24. The monoisotopic (exact) mass is 473 g/mol. The SMILES string of the molecule is CC(=O)NCCc1nnc(SCC(=O)c2cccc([N+](=O)[O-])c2)n1-c1ccc(C)c(Cl)c1. The highest BCUT2D eigenvalue weighted by molar-refractivity contribution is 7.99. The van der Waals surface area contributed by atoms with Crippen molar-refractivity contribution in [2.45, 2.75) is 25.4 Å². The highest BCUT2D eigenvalue weighted by Crippen LogP contribution is 2.26. The molecule has 11 heteroatoms. The van der Waals surface area contributed by atoms with E-state index in [2.05, 4.69) is 15.5 Å². The molecule has 0 saturated heterocycles. The second-order valence-electron chi connectivity index (χ2n) is 6.92. The summed E-state index contributed by atoms with van der Waals surface area (Å²) in [5.74, 6) is 0.204. The van der Waals surface area contributed by atoms with Gasteiger partial charge in [-0.2, -0.15) is 0 Å². The number of thioether (sulfide) groups is 1. The zero-order valence-corrected chi connectivity index (χ0v) is 18.9. The van der Waals surface area contributed by atoms with Gasteiger partial charge in [-0.05, 0) is 24.6 Å². The number of amides is 1. The van der Waals surface area contributed by atoms with Crippen molar-refractivity contribution in [2.75, 3.05) is 12.3 Å². The Balaban J connectivity index is 1.85. The van der Waals surface area contributed by atoms with Crippen LogP contribution in [0.1, 0.15) is 28.7 Å². The lowest BCUT2D eigenvalue weighted by Gasteiger charge is -2.11. The summed E-state index contributed by atoms with van der Waals surface area (Å²) in [5, 5.41) is 23.2. The number of carbonyl (C=O) groups excluding carboxylic acids is 2. The van der Waals surface area contributed by atoms with Crippen molar-refractivity contribution >= 4 is 40.7 Å². The summed E-state index contributed by atoms with van der Waals surface area (Å²) in [6, 6.07) is 11.1. The van der Waals surface area contributed by atoms with Gasteiger partial charge >= 0.3 is 0 Å². The minimum atomic E-state index is -0.539. The van der Waals surface area contributed by atoms with Crippen molar-refractivity contribution in [2.24, 2.45) is 0 Å². The molecule has 0 aliphatic rings. The van der Waals surface area contributed by atoms with Crippen molar-refractivity contribution in [3.05, 3.63) is 74.6 Å². The van der Waals surface area contributed by atoms with E-state index in [1.165, 1.54) is 36.9 Å². The molecular weight excluding hydrogens is 454 g/mol. The number of Topliss-reactive ketones (excluding diaryl/α,β-unsaturated/α-hetero) is 1. The van der Waals surface area contributed by atoms with Crippen molar-refractivity contribution in [3.63, 3.8) is 0 Å². The molecule has 9 nitrogen and oxygen atoms in total. The number of nitro benzene ring substituents is 1. The van der Waals surface area contributed by atoms with Gasteiger partial charge in [-0.25, -0.2) is 0 Å². The predicted molar refractivity (Wildman–Crippen MR) is 122 cm³/mol. The Morgan fingerprint density at radius 2 is 2.00 bits per heavy atom. The first-order valence-electron chi connectivity index (χ1n) is 9.62. The summed E-state index contributed by atoms with van der Waals surface area (Å²) >= 11 is 7.47. The number of ketones is 1. The number of carbonyl (C=O) groups is 2. The van der Waals surface area contributed by atoms with Gasteiger partial charge in [0.05, 0.1) is 16.4 Å². The first-order valence-corrected chi connectivity index (χ1v) is 11.0. The number of nitro groups is 1. The highest BCUT2D eigenvalue weighted by atomic mass is 35.5. The maximum Gasteiger partial charge on any atom is 0.270 e. The lowest BCUT2D eigenvalue weighted by atomic mass is 10.1. The molecule has 0 bridgehead atoms. The normalized spacial score (nSPS) is 10.7. The molecule has 0 spiro atoms. The van der Waals surface area contributed by atoms with Crippen LogP contribution in [-0.2, 0) is 11.2 Å². The smallest absolute Gasteiger partial charge is 0.270 e. The van der Waals surface area contributed by atoms with Crippen molar-refractivity contribution in [1.29, 1.82) is 0 Å². The fourth-order valence-corrected chi connectivity index (χ4v) is 3.93. The Morgan fingerprint density at radius 3 is 2.69 bits per heavy atom. The zero-order valence-electron chi connectivity index (χ0n) is 17.4. The largest absolute Gasteiger partial charge is 0.356 e. The summed E-state index contributed by atoms with van der Waals surface area (Å²) in [5.41, 5.74) is 1.76. The van der Waals surface area contributed by atoms with Crippen LogP contribution >= 0.6 is 23.4 Å². The number of benzene rings is 2. The molecule has 32 heavy (non-hydrogen) atoms. The third kappa shape index (κ3) is 5.71. The molecule has 1 heterocycles. The van der Waals surface area contributed by atoms with Gasteiger partial charge < -0.3 is 5.32 Å². The number of non-ortho nitro benzene ring substituents is 1. The average Bonchev–Trinajstić information content (AvgIpc) is 3.16. The summed E-state index contributed by atoms with van der Waals surface area (Å²) in [7, 11) is 0. The number of rotatable bonds is 9. The highest BCUT2D eigenvalue weighted by Gasteiger charge is 2.18. The molecule has 3 aromatic rings. The second kappa shape index (κ2) is 10.4.